The van der Waals surface area contributed by atoms with E-state index in [1.54, 1.807) is 18.2 Å². The van der Waals surface area contributed by atoms with Gasteiger partial charge in [0.2, 0.25) is 0 Å². The highest BCUT2D eigenvalue weighted by Gasteiger charge is 2.13. The first-order chi connectivity index (χ1) is 9.06. The average Bonchev–Trinajstić information content (AvgIpc) is 2.72. The Kier molecular flexibility index (Phi) is 2.89. The van der Waals surface area contributed by atoms with Crippen molar-refractivity contribution in [1.29, 1.82) is 0 Å². The van der Waals surface area contributed by atoms with Crippen LogP contribution in [0.3, 0.4) is 0 Å². The molecule has 3 rings (SSSR count). The maximum atomic E-state index is 11.3. The van der Waals surface area contributed by atoms with Crippen LogP contribution in [0.1, 0.15) is 0 Å². The lowest BCUT2D eigenvalue weighted by Crippen LogP contribution is -2.09. The topological polar surface area (TPSA) is 79.4 Å². The fourth-order valence-electron chi connectivity index (χ4n) is 1.62. The molecule has 2 N–H and O–H groups in total. The highest BCUT2D eigenvalue weighted by molar-refractivity contribution is 7.71. The quantitative estimate of drug-likeness (QED) is 0.676. The third-order valence-electron chi connectivity index (χ3n) is 2.43. The molecule has 0 fully saturated rings. The lowest BCUT2D eigenvalue weighted by Gasteiger charge is -2.03. The summed E-state index contributed by atoms with van der Waals surface area (Å²) in [5.41, 5.74) is 0.613. The summed E-state index contributed by atoms with van der Waals surface area (Å²) in [6.45, 7) is 0. The molecule has 19 heavy (non-hydrogen) atoms. The van der Waals surface area contributed by atoms with Crippen molar-refractivity contribution < 1.29 is 0 Å². The van der Waals surface area contributed by atoms with Gasteiger partial charge in [-0.15, -0.1) is 15.0 Å². The largest absolute Gasteiger partial charge is 0.325 e. The number of para-hydroxylation sites is 1. The van der Waals surface area contributed by atoms with Crippen LogP contribution < -0.4 is 5.69 Å². The fourth-order valence-corrected chi connectivity index (χ4v) is 2.40. The van der Waals surface area contributed by atoms with E-state index in [2.05, 4.69) is 20.2 Å². The van der Waals surface area contributed by atoms with Crippen LogP contribution in [-0.4, -0.2) is 25.0 Å². The molecular weight excluding hydrogens is 309 g/mol. The highest BCUT2D eigenvalue weighted by atomic mass is 35.5. The van der Waals surface area contributed by atoms with Crippen molar-refractivity contribution in [3.63, 3.8) is 0 Å². The van der Waals surface area contributed by atoms with Crippen LogP contribution in [0.5, 0.6) is 0 Å². The number of H-pyrrole nitrogens is 2. The van der Waals surface area contributed by atoms with Crippen molar-refractivity contribution in [3.05, 3.63) is 43.4 Å². The number of hydrogen-bond acceptors (Lipinski definition) is 4. The normalized spacial score (nSPS) is 11.1. The minimum absolute atomic E-state index is 0.202. The molecule has 2 aromatic heterocycles. The highest BCUT2D eigenvalue weighted by Crippen LogP contribution is 2.27. The second-order valence-electron chi connectivity index (χ2n) is 3.67. The van der Waals surface area contributed by atoms with E-state index in [0.717, 1.165) is 0 Å². The van der Waals surface area contributed by atoms with Crippen molar-refractivity contribution in [1.82, 2.24) is 25.0 Å². The van der Waals surface area contributed by atoms with Crippen LogP contribution in [-0.2, 0) is 0 Å². The van der Waals surface area contributed by atoms with Gasteiger partial charge in [-0.3, -0.25) is 9.97 Å². The monoisotopic (exact) mass is 313 g/mol. The minimum atomic E-state index is -0.449. The lowest BCUT2D eigenvalue weighted by atomic mass is 10.3. The summed E-state index contributed by atoms with van der Waals surface area (Å²) in [4.78, 5) is 17.5. The van der Waals surface area contributed by atoms with E-state index in [0.29, 0.717) is 21.2 Å². The molecule has 0 aliphatic carbocycles. The fraction of sp³-hybridized carbons (Fsp3) is 0. The second kappa shape index (κ2) is 4.44. The number of aromatic nitrogens is 5. The number of rotatable bonds is 1. The molecule has 0 saturated heterocycles. The molecule has 0 atom stereocenters. The predicted octanol–water partition coefficient (Wildman–Crippen LogP) is 2.47. The van der Waals surface area contributed by atoms with Crippen molar-refractivity contribution in [2.75, 3.05) is 0 Å². The smallest absolute Gasteiger partial charge is 0.296 e. The average molecular weight is 314 g/mol. The van der Waals surface area contributed by atoms with Gasteiger partial charge in [-0.05, 0) is 12.1 Å². The molecule has 0 bridgehead atoms. The number of nitrogens with one attached hydrogen (secondary N) is 2. The zero-order valence-corrected chi connectivity index (χ0v) is 11.5. The molecule has 0 unspecified atom stereocenters. The second-order valence-corrected chi connectivity index (χ2v) is 4.89. The van der Waals surface area contributed by atoms with Gasteiger partial charge in [-0.2, -0.15) is 0 Å². The molecule has 0 radical (unpaired) electrons. The SMILES string of the molecule is O=c1[nH]c(=S)c2nn(-c3c(Cl)cccc3Cl)nc2[nH]1. The van der Waals surface area contributed by atoms with Gasteiger partial charge in [0, 0.05) is 0 Å². The van der Waals surface area contributed by atoms with Gasteiger partial charge in [-0.1, -0.05) is 41.5 Å². The first-order valence-electron chi connectivity index (χ1n) is 5.10. The Morgan fingerprint density at radius 1 is 1.16 bits per heavy atom. The zero-order chi connectivity index (χ0) is 13.6. The molecule has 2 heterocycles. The maximum absolute atomic E-state index is 11.3. The van der Waals surface area contributed by atoms with Gasteiger partial charge in [0.25, 0.3) is 0 Å². The summed E-state index contributed by atoms with van der Waals surface area (Å²) < 4.78 is 0.202. The molecular formula is C10H5Cl2N5OS. The van der Waals surface area contributed by atoms with Gasteiger partial charge >= 0.3 is 5.69 Å². The molecule has 1 aromatic carbocycles. The Labute approximate surface area is 121 Å². The van der Waals surface area contributed by atoms with Crippen molar-refractivity contribution in [2.24, 2.45) is 0 Å². The van der Waals surface area contributed by atoms with Gasteiger partial charge in [0.1, 0.15) is 10.3 Å². The molecule has 0 aliphatic heterocycles. The number of aromatic amines is 2. The minimum Gasteiger partial charge on any atom is -0.296 e. The summed E-state index contributed by atoms with van der Waals surface area (Å²) in [6, 6.07) is 5.05. The summed E-state index contributed by atoms with van der Waals surface area (Å²) >= 11 is 17.2. The van der Waals surface area contributed by atoms with Crippen LogP contribution in [0.4, 0.5) is 0 Å². The number of halogens is 2. The van der Waals surface area contributed by atoms with E-state index in [9.17, 15) is 4.79 Å². The first-order valence-corrected chi connectivity index (χ1v) is 6.27. The summed E-state index contributed by atoms with van der Waals surface area (Å²) in [7, 11) is 0. The zero-order valence-electron chi connectivity index (χ0n) is 9.15. The summed E-state index contributed by atoms with van der Waals surface area (Å²) in [5.74, 6) is 0. The third-order valence-corrected chi connectivity index (χ3v) is 3.33. The molecule has 0 aliphatic rings. The van der Waals surface area contributed by atoms with E-state index in [4.69, 9.17) is 35.4 Å². The van der Waals surface area contributed by atoms with Gasteiger partial charge in [0.15, 0.2) is 11.2 Å². The number of fused-ring (bicyclic) bond motifs is 1. The van der Waals surface area contributed by atoms with Crippen LogP contribution in [0.25, 0.3) is 16.9 Å². The molecule has 6 nitrogen and oxygen atoms in total. The van der Waals surface area contributed by atoms with Gasteiger partial charge in [0.05, 0.1) is 10.0 Å². The van der Waals surface area contributed by atoms with Crippen molar-refractivity contribution in [3.8, 4) is 5.69 Å². The third kappa shape index (κ3) is 2.05. The van der Waals surface area contributed by atoms with E-state index < -0.39 is 5.69 Å². The van der Waals surface area contributed by atoms with Crippen LogP contribution in [0.2, 0.25) is 10.0 Å². The van der Waals surface area contributed by atoms with E-state index >= 15 is 0 Å². The van der Waals surface area contributed by atoms with Gasteiger partial charge in [-0.25, -0.2) is 4.79 Å². The van der Waals surface area contributed by atoms with Gasteiger partial charge < -0.3 is 0 Å². The van der Waals surface area contributed by atoms with Crippen molar-refractivity contribution in [2.45, 2.75) is 0 Å². The molecule has 0 amide bonds. The Bertz CT molecular complexity index is 877. The van der Waals surface area contributed by atoms with Crippen LogP contribution in [0.15, 0.2) is 23.0 Å². The molecule has 0 spiro atoms. The molecule has 0 saturated carbocycles. The Balaban J connectivity index is 2.36. The maximum Gasteiger partial charge on any atom is 0.325 e. The first kappa shape index (κ1) is 12.3. The van der Waals surface area contributed by atoms with Crippen LogP contribution >= 0.6 is 35.4 Å². The number of nitrogens with zero attached hydrogens (tertiary/aromatic N) is 3. The summed E-state index contributed by atoms with van der Waals surface area (Å²) in [5, 5.41) is 9.08. The standard InChI is InChI=1S/C10H5Cl2N5OS/c11-4-2-1-3-5(12)7(4)17-15-6-8(16-17)13-10(18)14-9(6)19/h1-3H,(H2,13,14,16,18,19). The van der Waals surface area contributed by atoms with E-state index in [1.165, 1.54) is 4.80 Å². The Morgan fingerprint density at radius 2 is 1.84 bits per heavy atom. The molecule has 9 heteroatoms. The lowest BCUT2D eigenvalue weighted by molar-refractivity contribution is 0.763. The van der Waals surface area contributed by atoms with Crippen molar-refractivity contribution >= 4 is 46.6 Å². The van der Waals surface area contributed by atoms with E-state index in [1.807, 2.05) is 0 Å². The number of benzene rings is 1. The van der Waals surface area contributed by atoms with Crippen LogP contribution in [0, 0.1) is 4.64 Å². The molecule has 3 aromatic rings. The Morgan fingerprint density at radius 3 is 2.53 bits per heavy atom. The van der Waals surface area contributed by atoms with E-state index in [-0.39, 0.29) is 10.3 Å². The number of hydrogen-bond donors (Lipinski definition) is 2. The predicted molar refractivity (Wildman–Crippen MR) is 74.7 cm³/mol. The Hall–Kier alpha value is -1.70. The molecule has 96 valence electrons. The summed E-state index contributed by atoms with van der Waals surface area (Å²) in [6.07, 6.45) is 0.